The molecule has 0 aromatic carbocycles. The van der Waals surface area contributed by atoms with Crippen molar-refractivity contribution in [1.82, 2.24) is 15.2 Å². The molecule has 1 aliphatic heterocycles. The van der Waals surface area contributed by atoms with Crippen LogP contribution in [0.5, 0.6) is 0 Å². The van der Waals surface area contributed by atoms with Gasteiger partial charge in [0.2, 0.25) is 0 Å². The minimum absolute atomic E-state index is 0.718. The van der Waals surface area contributed by atoms with Crippen LogP contribution in [0.2, 0.25) is 0 Å². The smallest absolute Gasteiger partial charge is 0.0349 e. The fourth-order valence-electron chi connectivity index (χ4n) is 2.07. The van der Waals surface area contributed by atoms with Crippen molar-refractivity contribution in [1.29, 1.82) is 0 Å². The third-order valence-corrected chi connectivity index (χ3v) is 3.01. The first-order chi connectivity index (χ1) is 7.75. The lowest BCUT2D eigenvalue weighted by molar-refractivity contribution is 0.122. The molecule has 0 atom stereocenters. The molecule has 3 heteroatoms. The lowest BCUT2D eigenvalue weighted by Gasteiger charge is -2.39. The Balaban J connectivity index is 1.96. The molecule has 3 nitrogen and oxygen atoms in total. The summed E-state index contributed by atoms with van der Waals surface area (Å²) in [7, 11) is 0. The van der Waals surface area contributed by atoms with E-state index >= 15 is 0 Å². The maximum Gasteiger partial charge on any atom is 0.0349 e. The van der Waals surface area contributed by atoms with Crippen LogP contribution in [0, 0.1) is 5.92 Å². The van der Waals surface area contributed by atoms with E-state index in [1.807, 2.05) is 12.4 Å². The van der Waals surface area contributed by atoms with Crippen LogP contribution in [0.25, 0.3) is 0 Å². The van der Waals surface area contributed by atoms with Gasteiger partial charge in [-0.1, -0.05) is 13.8 Å². The molecule has 0 saturated carbocycles. The van der Waals surface area contributed by atoms with E-state index in [0.717, 1.165) is 31.6 Å². The molecule has 1 saturated heterocycles. The predicted octanol–water partition coefficient (Wildman–Crippen LogP) is 1.51. The molecule has 16 heavy (non-hydrogen) atoms. The zero-order chi connectivity index (χ0) is 11.4. The van der Waals surface area contributed by atoms with Crippen LogP contribution in [-0.2, 0) is 6.54 Å². The third kappa shape index (κ3) is 3.03. The molecule has 0 bridgehead atoms. The quantitative estimate of drug-likeness (QED) is 0.813. The molecule has 0 unspecified atom stereocenters. The summed E-state index contributed by atoms with van der Waals surface area (Å²) in [6.07, 6.45) is 3.75. The topological polar surface area (TPSA) is 28.2 Å². The van der Waals surface area contributed by atoms with Crippen molar-refractivity contribution in [2.24, 2.45) is 5.92 Å². The molecule has 1 aromatic heterocycles. The van der Waals surface area contributed by atoms with Crippen LogP contribution in [0.15, 0.2) is 24.5 Å². The number of nitrogens with one attached hydrogen (secondary N) is 1. The van der Waals surface area contributed by atoms with Crippen LogP contribution in [-0.4, -0.2) is 35.6 Å². The van der Waals surface area contributed by atoms with Gasteiger partial charge in [-0.2, -0.15) is 0 Å². The average molecular weight is 219 g/mol. The Morgan fingerprint density at radius 2 is 2.06 bits per heavy atom. The van der Waals surface area contributed by atoms with Crippen molar-refractivity contribution in [3.63, 3.8) is 0 Å². The third-order valence-electron chi connectivity index (χ3n) is 3.01. The van der Waals surface area contributed by atoms with Crippen molar-refractivity contribution >= 4 is 0 Å². The molecule has 1 aliphatic rings. The van der Waals surface area contributed by atoms with E-state index < -0.39 is 0 Å². The summed E-state index contributed by atoms with van der Waals surface area (Å²) in [4.78, 5) is 6.64. The fraction of sp³-hybridized carbons (Fsp3) is 0.615. The highest BCUT2D eigenvalue weighted by Crippen LogP contribution is 2.13. The van der Waals surface area contributed by atoms with E-state index in [-0.39, 0.29) is 0 Å². The molecular formula is C13H21N3. The summed E-state index contributed by atoms with van der Waals surface area (Å²) >= 11 is 0. The summed E-state index contributed by atoms with van der Waals surface area (Å²) in [5.41, 5.74) is 1.36. The largest absolute Gasteiger partial charge is 0.314 e. The van der Waals surface area contributed by atoms with Gasteiger partial charge in [-0.15, -0.1) is 0 Å². The number of rotatable bonds is 5. The first-order valence-corrected chi connectivity index (χ1v) is 6.09. The molecule has 1 N–H and O–H groups in total. The Bertz CT molecular complexity index is 306. The number of pyridine rings is 1. The maximum absolute atomic E-state index is 4.06. The Labute approximate surface area is 97.9 Å². The summed E-state index contributed by atoms with van der Waals surface area (Å²) in [6, 6.07) is 4.94. The van der Waals surface area contributed by atoms with Crippen molar-refractivity contribution in [3.05, 3.63) is 30.1 Å². The van der Waals surface area contributed by atoms with Crippen LogP contribution in [0.4, 0.5) is 0 Å². The highest BCUT2D eigenvalue weighted by atomic mass is 15.2. The first kappa shape index (κ1) is 11.6. The minimum atomic E-state index is 0.718. The molecule has 0 spiro atoms. The first-order valence-electron chi connectivity index (χ1n) is 6.09. The molecule has 2 rings (SSSR count). The van der Waals surface area contributed by atoms with E-state index in [9.17, 15) is 0 Å². The average Bonchev–Trinajstić information content (AvgIpc) is 2.15. The molecule has 2 heterocycles. The number of aromatic nitrogens is 1. The van der Waals surface area contributed by atoms with Gasteiger partial charge in [0.25, 0.3) is 0 Å². The van der Waals surface area contributed by atoms with E-state index in [0.29, 0.717) is 0 Å². The van der Waals surface area contributed by atoms with Gasteiger partial charge >= 0.3 is 0 Å². The van der Waals surface area contributed by atoms with Crippen LogP contribution in [0.3, 0.4) is 0 Å². The van der Waals surface area contributed by atoms with Gasteiger partial charge in [0.05, 0.1) is 0 Å². The Kier molecular flexibility index (Phi) is 3.91. The predicted molar refractivity (Wildman–Crippen MR) is 66.1 cm³/mol. The molecule has 0 aliphatic carbocycles. The van der Waals surface area contributed by atoms with Gasteiger partial charge in [-0.3, -0.25) is 9.88 Å². The number of hydrogen-bond donors (Lipinski definition) is 1. The SMILES string of the molecule is CC(C)CN(Cc1ccncc1)C1CNC1. The second-order valence-electron chi connectivity index (χ2n) is 4.99. The van der Waals surface area contributed by atoms with Crippen molar-refractivity contribution in [2.45, 2.75) is 26.4 Å². The summed E-state index contributed by atoms with van der Waals surface area (Å²) in [6.45, 7) is 9.06. The van der Waals surface area contributed by atoms with E-state index in [1.54, 1.807) is 0 Å². The zero-order valence-corrected chi connectivity index (χ0v) is 10.2. The summed E-state index contributed by atoms with van der Waals surface area (Å²) < 4.78 is 0. The number of hydrogen-bond acceptors (Lipinski definition) is 3. The van der Waals surface area contributed by atoms with Crippen LogP contribution < -0.4 is 5.32 Å². The summed E-state index contributed by atoms with van der Waals surface area (Å²) in [5.74, 6) is 0.724. The second-order valence-corrected chi connectivity index (χ2v) is 4.99. The molecule has 88 valence electrons. The second kappa shape index (κ2) is 5.41. The van der Waals surface area contributed by atoms with Crippen LogP contribution >= 0.6 is 0 Å². The molecule has 0 amide bonds. The maximum atomic E-state index is 4.06. The van der Waals surface area contributed by atoms with Gasteiger partial charge in [0, 0.05) is 44.6 Å². The van der Waals surface area contributed by atoms with E-state index in [1.165, 1.54) is 12.1 Å². The minimum Gasteiger partial charge on any atom is -0.314 e. The van der Waals surface area contributed by atoms with Gasteiger partial charge < -0.3 is 5.32 Å². The lowest BCUT2D eigenvalue weighted by atomic mass is 10.1. The number of nitrogens with zero attached hydrogens (tertiary/aromatic N) is 2. The van der Waals surface area contributed by atoms with E-state index in [2.05, 4.69) is 41.2 Å². The monoisotopic (exact) mass is 219 g/mol. The normalized spacial score (nSPS) is 16.8. The molecule has 1 fully saturated rings. The standard InChI is InChI=1S/C13H21N3/c1-11(2)9-16(13-7-15-8-13)10-12-3-5-14-6-4-12/h3-6,11,13,15H,7-10H2,1-2H3. The van der Waals surface area contributed by atoms with Gasteiger partial charge in [-0.05, 0) is 23.6 Å². The van der Waals surface area contributed by atoms with Gasteiger partial charge in [-0.25, -0.2) is 0 Å². The molecular weight excluding hydrogens is 198 g/mol. The summed E-state index contributed by atoms with van der Waals surface area (Å²) in [5, 5.41) is 3.35. The Hall–Kier alpha value is -0.930. The van der Waals surface area contributed by atoms with Crippen LogP contribution in [0.1, 0.15) is 19.4 Å². The van der Waals surface area contributed by atoms with E-state index in [4.69, 9.17) is 0 Å². The van der Waals surface area contributed by atoms with Crippen molar-refractivity contribution < 1.29 is 0 Å². The Morgan fingerprint density at radius 1 is 1.38 bits per heavy atom. The molecule has 0 radical (unpaired) electrons. The van der Waals surface area contributed by atoms with Gasteiger partial charge in [0.1, 0.15) is 0 Å². The highest BCUT2D eigenvalue weighted by Gasteiger charge is 2.24. The van der Waals surface area contributed by atoms with Gasteiger partial charge in [0.15, 0.2) is 0 Å². The highest BCUT2D eigenvalue weighted by molar-refractivity contribution is 5.10. The van der Waals surface area contributed by atoms with Crippen molar-refractivity contribution in [2.75, 3.05) is 19.6 Å². The van der Waals surface area contributed by atoms with Crippen molar-refractivity contribution in [3.8, 4) is 0 Å². The Morgan fingerprint density at radius 3 is 2.56 bits per heavy atom. The fourth-order valence-corrected chi connectivity index (χ4v) is 2.07. The molecule has 1 aromatic rings. The zero-order valence-electron chi connectivity index (χ0n) is 10.2. The lowest BCUT2D eigenvalue weighted by Crippen LogP contribution is -2.57.